The molecule has 0 radical (unpaired) electrons. The summed E-state index contributed by atoms with van der Waals surface area (Å²) in [6.07, 6.45) is 2.28. The molecule has 0 bridgehead atoms. The average molecular weight is 321 g/mol. The predicted octanol–water partition coefficient (Wildman–Crippen LogP) is 2.56. The number of carbonyl (C=O) groups excluding carboxylic acids is 2. The van der Waals surface area contributed by atoms with Crippen LogP contribution in [0.25, 0.3) is 0 Å². The second-order valence-electron chi connectivity index (χ2n) is 5.42. The van der Waals surface area contributed by atoms with Gasteiger partial charge in [-0.1, -0.05) is 11.8 Å². The van der Waals surface area contributed by atoms with Crippen LogP contribution < -0.4 is 9.80 Å². The fraction of sp³-hybridized carbons (Fsp3) is 0.562. The molecule has 120 valence electrons. The van der Waals surface area contributed by atoms with E-state index in [9.17, 15) is 9.59 Å². The van der Waals surface area contributed by atoms with Crippen LogP contribution in [0.1, 0.15) is 27.2 Å². The van der Waals surface area contributed by atoms with Crippen molar-refractivity contribution in [2.75, 3.05) is 35.2 Å². The zero-order valence-electron chi connectivity index (χ0n) is 13.4. The van der Waals surface area contributed by atoms with Crippen LogP contribution in [0.3, 0.4) is 0 Å². The maximum atomic E-state index is 12.2. The molecule has 0 N–H and O–H groups in total. The zero-order valence-corrected chi connectivity index (χ0v) is 14.2. The van der Waals surface area contributed by atoms with Crippen molar-refractivity contribution in [3.05, 3.63) is 18.3 Å². The normalized spacial score (nSPS) is 17.9. The molecule has 1 saturated heterocycles. The minimum absolute atomic E-state index is 0.108. The Hall–Kier alpha value is -1.56. The Morgan fingerprint density at radius 2 is 2.14 bits per heavy atom. The van der Waals surface area contributed by atoms with Gasteiger partial charge < -0.3 is 9.80 Å². The first-order chi connectivity index (χ1) is 10.5. The monoisotopic (exact) mass is 321 g/mol. The molecule has 22 heavy (non-hydrogen) atoms. The van der Waals surface area contributed by atoms with Crippen LogP contribution in [0.15, 0.2) is 18.3 Å². The van der Waals surface area contributed by atoms with E-state index in [1.54, 1.807) is 18.0 Å². The molecule has 1 fully saturated rings. The van der Waals surface area contributed by atoms with E-state index in [1.807, 2.05) is 12.1 Å². The van der Waals surface area contributed by atoms with Crippen LogP contribution in [0.2, 0.25) is 0 Å². The third-order valence-corrected chi connectivity index (χ3v) is 4.90. The van der Waals surface area contributed by atoms with Gasteiger partial charge in [-0.15, -0.1) is 0 Å². The Kier molecular flexibility index (Phi) is 5.83. The summed E-state index contributed by atoms with van der Waals surface area (Å²) in [6.45, 7) is 8.26. The smallest absolute Gasteiger partial charge is 0.227 e. The van der Waals surface area contributed by atoms with Crippen LogP contribution in [0.4, 0.5) is 11.5 Å². The largest absolute Gasteiger partial charge is 0.357 e. The van der Waals surface area contributed by atoms with Crippen LogP contribution >= 0.6 is 11.8 Å². The van der Waals surface area contributed by atoms with E-state index in [4.69, 9.17) is 0 Å². The topological polar surface area (TPSA) is 53.5 Å². The van der Waals surface area contributed by atoms with Gasteiger partial charge >= 0.3 is 0 Å². The summed E-state index contributed by atoms with van der Waals surface area (Å²) >= 11 is 1.30. The lowest BCUT2D eigenvalue weighted by atomic mass is 10.1. The van der Waals surface area contributed by atoms with E-state index >= 15 is 0 Å². The Bertz CT molecular complexity index is 529. The number of amides is 1. The van der Waals surface area contributed by atoms with Gasteiger partial charge in [0.15, 0.2) is 5.12 Å². The summed E-state index contributed by atoms with van der Waals surface area (Å²) in [5.41, 5.74) is 0.844. The molecule has 1 amide bonds. The molecule has 6 heteroatoms. The summed E-state index contributed by atoms with van der Waals surface area (Å²) in [7, 11) is 0. The van der Waals surface area contributed by atoms with Crippen molar-refractivity contribution >= 4 is 34.3 Å². The van der Waals surface area contributed by atoms with Gasteiger partial charge in [0.05, 0.1) is 11.9 Å². The van der Waals surface area contributed by atoms with E-state index in [1.165, 1.54) is 11.8 Å². The highest BCUT2D eigenvalue weighted by Crippen LogP contribution is 2.27. The summed E-state index contributed by atoms with van der Waals surface area (Å²) < 4.78 is 0. The molecule has 5 nitrogen and oxygen atoms in total. The van der Waals surface area contributed by atoms with Crippen molar-refractivity contribution in [3.63, 3.8) is 0 Å². The first kappa shape index (κ1) is 16.8. The molecule has 2 heterocycles. The number of thioether (sulfide) groups is 1. The molecule has 0 aliphatic carbocycles. The molecule has 1 atom stereocenters. The Morgan fingerprint density at radius 3 is 2.68 bits per heavy atom. The number of nitrogens with zero attached hydrogens (tertiary/aromatic N) is 3. The Balaban J connectivity index is 2.02. The van der Waals surface area contributed by atoms with Crippen LogP contribution in [0, 0.1) is 5.92 Å². The number of carbonyl (C=O) groups is 2. The lowest BCUT2D eigenvalue weighted by molar-refractivity contribution is -0.117. The lowest BCUT2D eigenvalue weighted by Crippen LogP contribution is -2.26. The molecule has 0 aromatic carbocycles. The van der Waals surface area contributed by atoms with Gasteiger partial charge in [0.1, 0.15) is 5.82 Å². The van der Waals surface area contributed by atoms with Gasteiger partial charge in [0.25, 0.3) is 0 Å². The van der Waals surface area contributed by atoms with Crippen LogP contribution in [-0.4, -0.2) is 41.4 Å². The van der Waals surface area contributed by atoms with Gasteiger partial charge in [-0.25, -0.2) is 4.98 Å². The van der Waals surface area contributed by atoms with Crippen molar-refractivity contribution < 1.29 is 9.59 Å². The summed E-state index contributed by atoms with van der Waals surface area (Å²) in [4.78, 5) is 31.6. The first-order valence-corrected chi connectivity index (χ1v) is 8.68. The molecule has 2 rings (SSSR count). The lowest BCUT2D eigenvalue weighted by Gasteiger charge is -2.21. The molecular formula is C16H23N3O2S. The minimum atomic E-state index is 0.108. The second-order valence-corrected chi connectivity index (χ2v) is 6.62. The highest BCUT2D eigenvalue weighted by molar-refractivity contribution is 8.13. The van der Waals surface area contributed by atoms with Gasteiger partial charge in [-0.2, -0.15) is 0 Å². The molecule has 1 aliphatic rings. The average Bonchev–Trinajstić information content (AvgIpc) is 2.88. The standard InChI is InChI=1S/C16H23N3O2S/c1-4-18(5-2)15-7-6-14(9-17-15)19-10-13(8-16(19)21)11-22-12(3)20/h6-7,9,13H,4-5,8,10-11H2,1-3H3. The number of anilines is 2. The van der Waals surface area contributed by atoms with Crippen LogP contribution in [0.5, 0.6) is 0 Å². The van der Waals surface area contributed by atoms with E-state index in [2.05, 4.69) is 23.7 Å². The summed E-state index contributed by atoms with van der Waals surface area (Å²) in [5, 5.41) is 0.108. The molecule has 1 unspecified atom stereocenters. The van der Waals surface area contributed by atoms with Crippen molar-refractivity contribution in [1.29, 1.82) is 0 Å². The number of aromatic nitrogens is 1. The van der Waals surface area contributed by atoms with Crippen molar-refractivity contribution in [1.82, 2.24) is 4.98 Å². The molecule has 1 aromatic heterocycles. The van der Waals surface area contributed by atoms with Gasteiger partial charge in [-0.3, -0.25) is 9.59 Å². The fourth-order valence-electron chi connectivity index (χ4n) is 2.65. The zero-order chi connectivity index (χ0) is 16.1. The Labute approximate surface area is 136 Å². The number of hydrogen-bond donors (Lipinski definition) is 0. The third kappa shape index (κ3) is 4.00. The summed E-state index contributed by atoms with van der Waals surface area (Å²) in [6, 6.07) is 3.92. The van der Waals surface area contributed by atoms with E-state index in [0.29, 0.717) is 18.7 Å². The maximum Gasteiger partial charge on any atom is 0.227 e. The molecule has 1 aromatic rings. The maximum absolute atomic E-state index is 12.2. The minimum Gasteiger partial charge on any atom is -0.357 e. The van der Waals surface area contributed by atoms with Gasteiger partial charge in [0.2, 0.25) is 5.91 Å². The SMILES string of the molecule is CCN(CC)c1ccc(N2CC(CSC(C)=O)CC2=O)cn1. The fourth-order valence-corrected chi connectivity index (χ4v) is 3.34. The van der Waals surface area contributed by atoms with Crippen molar-refractivity contribution in [2.45, 2.75) is 27.2 Å². The second kappa shape index (κ2) is 7.63. The molecule has 0 spiro atoms. The number of hydrogen-bond acceptors (Lipinski definition) is 5. The van der Waals surface area contributed by atoms with Gasteiger partial charge in [0, 0.05) is 38.7 Å². The van der Waals surface area contributed by atoms with E-state index in [0.717, 1.165) is 24.6 Å². The molecular weight excluding hydrogens is 298 g/mol. The van der Waals surface area contributed by atoms with E-state index in [-0.39, 0.29) is 16.9 Å². The Morgan fingerprint density at radius 1 is 1.41 bits per heavy atom. The highest BCUT2D eigenvalue weighted by Gasteiger charge is 2.30. The van der Waals surface area contributed by atoms with Gasteiger partial charge in [-0.05, 0) is 31.9 Å². The first-order valence-electron chi connectivity index (χ1n) is 7.69. The molecule has 1 aliphatic heterocycles. The highest BCUT2D eigenvalue weighted by atomic mass is 32.2. The van der Waals surface area contributed by atoms with Crippen LogP contribution in [-0.2, 0) is 9.59 Å². The predicted molar refractivity (Wildman–Crippen MR) is 91.4 cm³/mol. The number of pyridine rings is 1. The number of rotatable bonds is 6. The third-order valence-electron chi connectivity index (χ3n) is 3.86. The van der Waals surface area contributed by atoms with Crippen molar-refractivity contribution in [2.24, 2.45) is 5.92 Å². The molecule has 0 saturated carbocycles. The summed E-state index contributed by atoms with van der Waals surface area (Å²) in [5.74, 6) is 2.00. The van der Waals surface area contributed by atoms with E-state index < -0.39 is 0 Å². The van der Waals surface area contributed by atoms with Crippen molar-refractivity contribution in [3.8, 4) is 0 Å². The quantitative estimate of drug-likeness (QED) is 0.806.